The topological polar surface area (TPSA) is 84.7 Å². The molecular formula is C15H23N3O4. The van der Waals surface area contributed by atoms with Gasteiger partial charge in [0, 0.05) is 0 Å². The molecule has 0 bridgehead atoms. The van der Waals surface area contributed by atoms with E-state index in [1.165, 1.54) is 19.2 Å². The zero-order chi connectivity index (χ0) is 16.7. The Morgan fingerprint density at radius 3 is 2.68 bits per heavy atom. The minimum atomic E-state index is -0.541. The monoisotopic (exact) mass is 309 g/mol. The molecule has 0 unspecified atom stereocenters. The fraction of sp³-hybridized carbons (Fsp3) is 0.533. The summed E-state index contributed by atoms with van der Waals surface area (Å²) in [5.74, 6) is 0.659. The molecule has 1 aromatic rings. The van der Waals surface area contributed by atoms with Crippen molar-refractivity contribution in [2.75, 3.05) is 32.6 Å². The van der Waals surface area contributed by atoms with Gasteiger partial charge in [0.25, 0.3) is 5.69 Å². The number of benzene rings is 1. The van der Waals surface area contributed by atoms with Gasteiger partial charge in [0.15, 0.2) is 0 Å². The number of hydrogen-bond acceptors (Lipinski definition) is 5. The summed E-state index contributed by atoms with van der Waals surface area (Å²) in [5, 5.41) is 13.6. The van der Waals surface area contributed by atoms with E-state index in [4.69, 9.17) is 4.74 Å². The Labute approximate surface area is 130 Å². The maximum Gasteiger partial charge on any atom is 0.296 e. The normalized spacial score (nSPS) is 10.8. The standard InChI is InChI=1S/C15H23N3O4/c1-11(2)7-8-17(3)10-15(19)16-13-6-5-12(22-4)9-14(13)18(20)21/h5-6,9,11H,7-8,10H2,1-4H3,(H,16,19). The van der Waals surface area contributed by atoms with E-state index in [0.29, 0.717) is 11.7 Å². The average Bonchev–Trinajstić information content (AvgIpc) is 2.45. The predicted molar refractivity (Wildman–Crippen MR) is 85.2 cm³/mol. The molecule has 0 aliphatic carbocycles. The van der Waals surface area contributed by atoms with E-state index in [1.54, 1.807) is 6.07 Å². The second kappa shape index (κ2) is 8.33. The molecule has 0 atom stereocenters. The van der Waals surface area contributed by atoms with Crippen molar-refractivity contribution in [2.24, 2.45) is 5.92 Å². The molecule has 0 aromatic heterocycles. The number of nitro benzene ring substituents is 1. The van der Waals surface area contributed by atoms with E-state index in [1.807, 2.05) is 11.9 Å². The van der Waals surface area contributed by atoms with Gasteiger partial charge in [-0.2, -0.15) is 0 Å². The van der Waals surface area contributed by atoms with E-state index >= 15 is 0 Å². The third-order valence-electron chi connectivity index (χ3n) is 3.18. The highest BCUT2D eigenvalue weighted by Gasteiger charge is 2.17. The number of nitro groups is 1. The number of carbonyl (C=O) groups excluding carboxylic acids is 1. The van der Waals surface area contributed by atoms with Crippen molar-refractivity contribution in [3.05, 3.63) is 28.3 Å². The molecule has 0 heterocycles. The molecule has 0 saturated heterocycles. The fourth-order valence-corrected chi connectivity index (χ4v) is 1.89. The molecule has 0 saturated carbocycles. The third kappa shape index (κ3) is 5.69. The molecule has 0 spiro atoms. The van der Waals surface area contributed by atoms with Crippen molar-refractivity contribution in [3.8, 4) is 5.75 Å². The van der Waals surface area contributed by atoms with Gasteiger partial charge in [0.2, 0.25) is 5.91 Å². The number of nitrogens with zero attached hydrogens (tertiary/aromatic N) is 2. The number of ether oxygens (including phenoxy) is 1. The number of nitrogens with one attached hydrogen (secondary N) is 1. The van der Waals surface area contributed by atoms with Crippen LogP contribution in [0.25, 0.3) is 0 Å². The Morgan fingerprint density at radius 2 is 2.14 bits per heavy atom. The van der Waals surface area contributed by atoms with Crippen LogP contribution in [0.2, 0.25) is 0 Å². The van der Waals surface area contributed by atoms with Crippen LogP contribution in [0, 0.1) is 16.0 Å². The lowest BCUT2D eigenvalue weighted by atomic mass is 10.1. The fourth-order valence-electron chi connectivity index (χ4n) is 1.89. The van der Waals surface area contributed by atoms with Crippen LogP contribution >= 0.6 is 0 Å². The molecule has 22 heavy (non-hydrogen) atoms. The molecule has 7 nitrogen and oxygen atoms in total. The Morgan fingerprint density at radius 1 is 1.45 bits per heavy atom. The summed E-state index contributed by atoms with van der Waals surface area (Å²) < 4.78 is 4.96. The van der Waals surface area contributed by atoms with Crippen molar-refractivity contribution in [2.45, 2.75) is 20.3 Å². The number of amides is 1. The molecule has 1 rings (SSSR count). The summed E-state index contributed by atoms with van der Waals surface area (Å²) >= 11 is 0. The van der Waals surface area contributed by atoms with Crippen molar-refractivity contribution in [3.63, 3.8) is 0 Å². The highest BCUT2D eigenvalue weighted by atomic mass is 16.6. The van der Waals surface area contributed by atoms with Crippen molar-refractivity contribution in [1.29, 1.82) is 0 Å². The Hall–Kier alpha value is -2.15. The highest BCUT2D eigenvalue weighted by molar-refractivity contribution is 5.94. The number of carbonyl (C=O) groups is 1. The van der Waals surface area contributed by atoms with E-state index in [-0.39, 0.29) is 23.8 Å². The first-order valence-corrected chi connectivity index (χ1v) is 7.14. The molecule has 1 N–H and O–H groups in total. The Bertz CT molecular complexity index is 532. The summed E-state index contributed by atoms with van der Waals surface area (Å²) in [4.78, 5) is 24.4. The molecule has 0 radical (unpaired) electrons. The van der Waals surface area contributed by atoms with Crippen LogP contribution in [-0.4, -0.2) is 43.0 Å². The molecule has 122 valence electrons. The number of rotatable bonds is 8. The van der Waals surface area contributed by atoms with Gasteiger partial charge in [-0.3, -0.25) is 19.8 Å². The summed E-state index contributed by atoms with van der Waals surface area (Å²) in [6, 6.07) is 4.34. The van der Waals surface area contributed by atoms with Crippen LogP contribution in [0.4, 0.5) is 11.4 Å². The van der Waals surface area contributed by atoms with Crippen LogP contribution in [0.3, 0.4) is 0 Å². The van der Waals surface area contributed by atoms with Crippen LogP contribution in [-0.2, 0) is 4.79 Å². The first-order valence-electron chi connectivity index (χ1n) is 7.14. The minimum absolute atomic E-state index is 0.174. The molecule has 0 aliphatic heterocycles. The maximum absolute atomic E-state index is 12.0. The quantitative estimate of drug-likeness (QED) is 0.589. The van der Waals surface area contributed by atoms with Crippen LogP contribution in [0.5, 0.6) is 5.75 Å². The molecule has 0 aliphatic rings. The number of anilines is 1. The Kier molecular flexibility index (Phi) is 6.78. The smallest absolute Gasteiger partial charge is 0.296 e. The lowest BCUT2D eigenvalue weighted by Crippen LogP contribution is -2.31. The van der Waals surface area contributed by atoms with Crippen LogP contribution in [0.15, 0.2) is 18.2 Å². The SMILES string of the molecule is COc1ccc(NC(=O)CN(C)CCC(C)C)c([N+](=O)[O-])c1. The van der Waals surface area contributed by atoms with Gasteiger partial charge in [-0.05, 0) is 38.1 Å². The van der Waals surface area contributed by atoms with E-state index in [0.717, 1.165) is 13.0 Å². The second-order valence-electron chi connectivity index (χ2n) is 5.61. The van der Waals surface area contributed by atoms with Crippen molar-refractivity contribution in [1.82, 2.24) is 4.90 Å². The van der Waals surface area contributed by atoms with E-state index < -0.39 is 4.92 Å². The summed E-state index contributed by atoms with van der Waals surface area (Å²) in [5.41, 5.74) is -0.00871. The second-order valence-corrected chi connectivity index (χ2v) is 5.61. The lowest BCUT2D eigenvalue weighted by Gasteiger charge is -2.17. The van der Waals surface area contributed by atoms with Gasteiger partial charge in [-0.15, -0.1) is 0 Å². The van der Waals surface area contributed by atoms with Gasteiger partial charge in [-0.1, -0.05) is 13.8 Å². The molecular weight excluding hydrogens is 286 g/mol. The Balaban J connectivity index is 2.69. The highest BCUT2D eigenvalue weighted by Crippen LogP contribution is 2.28. The van der Waals surface area contributed by atoms with E-state index in [9.17, 15) is 14.9 Å². The van der Waals surface area contributed by atoms with Crippen molar-refractivity contribution < 1.29 is 14.5 Å². The van der Waals surface area contributed by atoms with Gasteiger partial charge in [0.05, 0.1) is 24.6 Å². The summed E-state index contributed by atoms with van der Waals surface area (Å²) in [7, 11) is 3.28. The van der Waals surface area contributed by atoms with Crippen LogP contribution < -0.4 is 10.1 Å². The largest absolute Gasteiger partial charge is 0.496 e. The van der Waals surface area contributed by atoms with Gasteiger partial charge in [-0.25, -0.2) is 0 Å². The van der Waals surface area contributed by atoms with Crippen LogP contribution in [0.1, 0.15) is 20.3 Å². The van der Waals surface area contributed by atoms with Gasteiger partial charge < -0.3 is 10.1 Å². The number of likely N-dealkylation sites (N-methyl/N-ethyl adjacent to an activating group) is 1. The minimum Gasteiger partial charge on any atom is -0.496 e. The molecule has 0 fully saturated rings. The predicted octanol–water partition coefficient (Wildman–Crippen LogP) is 2.52. The molecule has 7 heteroatoms. The summed E-state index contributed by atoms with van der Waals surface area (Å²) in [6.07, 6.45) is 0.993. The third-order valence-corrected chi connectivity index (χ3v) is 3.18. The summed E-state index contributed by atoms with van der Waals surface area (Å²) in [6.45, 7) is 5.23. The van der Waals surface area contributed by atoms with E-state index in [2.05, 4.69) is 19.2 Å². The van der Waals surface area contributed by atoms with Gasteiger partial charge >= 0.3 is 0 Å². The number of methoxy groups -OCH3 is 1. The number of hydrogen-bond donors (Lipinski definition) is 1. The zero-order valence-corrected chi connectivity index (χ0v) is 13.5. The first kappa shape index (κ1) is 17.9. The molecule has 1 amide bonds. The lowest BCUT2D eigenvalue weighted by molar-refractivity contribution is -0.384. The first-order chi connectivity index (χ1) is 10.3. The average molecular weight is 309 g/mol. The van der Waals surface area contributed by atoms with Gasteiger partial charge in [0.1, 0.15) is 11.4 Å². The maximum atomic E-state index is 12.0. The molecule has 1 aromatic carbocycles. The zero-order valence-electron chi connectivity index (χ0n) is 13.5. The van der Waals surface area contributed by atoms with Crippen molar-refractivity contribution >= 4 is 17.3 Å².